The molecule has 0 unspecified atom stereocenters. The van der Waals surface area contributed by atoms with Crippen molar-refractivity contribution in [1.29, 1.82) is 0 Å². The van der Waals surface area contributed by atoms with Crippen molar-refractivity contribution in [3.05, 3.63) is 35.4 Å². The minimum absolute atomic E-state index is 0.144. The average molecular weight is 301 g/mol. The standard InChI is InChI=1S/C18H27N3O/c1-14-5-3-4-6-16(14)18(9-11-22-12-10-18)13-20-17(19-2)21-15-7-8-15/h3-6,15H,7-13H2,1-2H3,(H2,19,20,21). The van der Waals surface area contributed by atoms with E-state index < -0.39 is 0 Å². The van der Waals surface area contributed by atoms with Gasteiger partial charge in [-0.1, -0.05) is 24.3 Å². The van der Waals surface area contributed by atoms with Crippen molar-refractivity contribution in [3.63, 3.8) is 0 Å². The van der Waals surface area contributed by atoms with Crippen LogP contribution in [0.2, 0.25) is 0 Å². The first-order chi connectivity index (χ1) is 10.7. The fourth-order valence-corrected chi connectivity index (χ4v) is 3.34. The van der Waals surface area contributed by atoms with Gasteiger partial charge in [-0.25, -0.2) is 0 Å². The molecule has 120 valence electrons. The van der Waals surface area contributed by atoms with Gasteiger partial charge in [0.2, 0.25) is 0 Å². The van der Waals surface area contributed by atoms with Gasteiger partial charge in [-0.05, 0) is 43.7 Å². The van der Waals surface area contributed by atoms with Gasteiger partial charge in [-0.2, -0.15) is 0 Å². The summed E-state index contributed by atoms with van der Waals surface area (Å²) in [5.41, 5.74) is 2.97. The van der Waals surface area contributed by atoms with Crippen LogP contribution in [0.4, 0.5) is 0 Å². The predicted octanol–water partition coefficient (Wildman–Crippen LogP) is 2.37. The van der Waals surface area contributed by atoms with E-state index in [0.29, 0.717) is 6.04 Å². The molecular weight excluding hydrogens is 274 g/mol. The van der Waals surface area contributed by atoms with Crippen molar-refractivity contribution in [3.8, 4) is 0 Å². The minimum atomic E-state index is 0.144. The maximum atomic E-state index is 5.62. The third-order valence-electron chi connectivity index (χ3n) is 4.90. The van der Waals surface area contributed by atoms with Crippen LogP contribution >= 0.6 is 0 Å². The van der Waals surface area contributed by atoms with Crippen molar-refractivity contribution in [1.82, 2.24) is 10.6 Å². The van der Waals surface area contributed by atoms with E-state index in [1.807, 2.05) is 7.05 Å². The molecule has 22 heavy (non-hydrogen) atoms. The molecule has 2 aliphatic rings. The van der Waals surface area contributed by atoms with Crippen LogP contribution in [0, 0.1) is 6.92 Å². The Hall–Kier alpha value is -1.55. The van der Waals surface area contributed by atoms with Gasteiger partial charge in [0.1, 0.15) is 0 Å². The molecule has 2 fully saturated rings. The fourth-order valence-electron chi connectivity index (χ4n) is 3.34. The predicted molar refractivity (Wildman–Crippen MR) is 90.4 cm³/mol. The highest BCUT2D eigenvalue weighted by Gasteiger charge is 2.36. The average Bonchev–Trinajstić information content (AvgIpc) is 3.37. The van der Waals surface area contributed by atoms with Crippen LogP contribution in [0.1, 0.15) is 36.8 Å². The highest BCUT2D eigenvalue weighted by molar-refractivity contribution is 5.80. The Balaban J connectivity index is 1.75. The number of hydrogen-bond acceptors (Lipinski definition) is 2. The Morgan fingerprint density at radius 1 is 1.27 bits per heavy atom. The number of aryl methyl sites for hydroxylation is 1. The molecule has 0 aromatic heterocycles. The van der Waals surface area contributed by atoms with Gasteiger partial charge in [0.25, 0.3) is 0 Å². The zero-order valence-corrected chi connectivity index (χ0v) is 13.7. The minimum Gasteiger partial charge on any atom is -0.381 e. The van der Waals surface area contributed by atoms with Crippen LogP contribution in [0.15, 0.2) is 29.3 Å². The van der Waals surface area contributed by atoms with Crippen LogP contribution in [0.3, 0.4) is 0 Å². The van der Waals surface area contributed by atoms with Gasteiger partial charge in [0, 0.05) is 38.3 Å². The molecule has 2 N–H and O–H groups in total. The number of ether oxygens (including phenoxy) is 1. The molecule has 4 nitrogen and oxygen atoms in total. The monoisotopic (exact) mass is 301 g/mol. The summed E-state index contributed by atoms with van der Waals surface area (Å²) in [7, 11) is 1.85. The van der Waals surface area contributed by atoms with E-state index in [-0.39, 0.29) is 5.41 Å². The van der Waals surface area contributed by atoms with Crippen LogP contribution in [0.25, 0.3) is 0 Å². The van der Waals surface area contributed by atoms with Crippen LogP contribution < -0.4 is 10.6 Å². The fraction of sp³-hybridized carbons (Fsp3) is 0.611. The normalized spacial score (nSPS) is 21.5. The van der Waals surface area contributed by atoms with E-state index in [1.165, 1.54) is 24.0 Å². The van der Waals surface area contributed by atoms with E-state index in [0.717, 1.165) is 38.6 Å². The molecule has 0 bridgehead atoms. The molecule has 1 aliphatic carbocycles. The van der Waals surface area contributed by atoms with Crippen molar-refractivity contribution < 1.29 is 4.74 Å². The topological polar surface area (TPSA) is 45.7 Å². The largest absolute Gasteiger partial charge is 0.381 e. The summed E-state index contributed by atoms with van der Waals surface area (Å²) in [6.45, 7) is 4.80. The molecule has 1 aliphatic heterocycles. The lowest BCUT2D eigenvalue weighted by Gasteiger charge is -2.39. The highest BCUT2D eigenvalue weighted by Crippen LogP contribution is 2.36. The number of nitrogens with one attached hydrogen (secondary N) is 2. The number of nitrogens with zero attached hydrogens (tertiary/aromatic N) is 1. The molecule has 1 aromatic carbocycles. The Morgan fingerprint density at radius 2 is 2.00 bits per heavy atom. The van der Waals surface area contributed by atoms with E-state index in [1.54, 1.807) is 0 Å². The molecule has 1 saturated carbocycles. The first-order valence-electron chi connectivity index (χ1n) is 8.34. The third kappa shape index (κ3) is 3.43. The van der Waals surface area contributed by atoms with E-state index in [4.69, 9.17) is 4.74 Å². The molecule has 0 atom stereocenters. The van der Waals surface area contributed by atoms with E-state index in [9.17, 15) is 0 Å². The number of guanidine groups is 1. The Labute approximate surface area is 133 Å². The SMILES string of the molecule is CN=C(NCC1(c2ccccc2C)CCOCC1)NC1CC1. The van der Waals surface area contributed by atoms with Gasteiger partial charge in [-0.3, -0.25) is 4.99 Å². The Morgan fingerprint density at radius 3 is 2.64 bits per heavy atom. The van der Waals surface area contributed by atoms with Crippen molar-refractivity contribution in [2.75, 3.05) is 26.8 Å². The lowest BCUT2D eigenvalue weighted by Crippen LogP contribution is -2.48. The van der Waals surface area contributed by atoms with Crippen molar-refractivity contribution in [2.24, 2.45) is 4.99 Å². The maximum Gasteiger partial charge on any atom is 0.191 e. The van der Waals surface area contributed by atoms with Gasteiger partial charge in [0.05, 0.1) is 0 Å². The molecule has 0 spiro atoms. The second-order valence-corrected chi connectivity index (χ2v) is 6.55. The summed E-state index contributed by atoms with van der Waals surface area (Å²) in [4.78, 5) is 4.36. The molecular formula is C18H27N3O. The van der Waals surface area contributed by atoms with Gasteiger partial charge in [-0.15, -0.1) is 0 Å². The second kappa shape index (κ2) is 6.69. The number of rotatable bonds is 4. The van der Waals surface area contributed by atoms with Crippen LogP contribution in [-0.4, -0.2) is 38.8 Å². The molecule has 0 amide bonds. The molecule has 1 aromatic rings. The maximum absolute atomic E-state index is 5.62. The quantitative estimate of drug-likeness (QED) is 0.663. The highest BCUT2D eigenvalue weighted by atomic mass is 16.5. The molecule has 0 radical (unpaired) electrons. The Bertz CT molecular complexity index is 531. The molecule has 1 saturated heterocycles. The van der Waals surface area contributed by atoms with Gasteiger partial charge >= 0.3 is 0 Å². The van der Waals surface area contributed by atoms with E-state index >= 15 is 0 Å². The second-order valence-electron chi connectivity index (χ2n) is 6.55. The molecule has 3 rings (SSSR count). The Kier molecular flexibility index (Phi) is 4.67. The first kappa shape index (κ1) is 15.3. The number of benzene rings is 1. The molecule has 4 heteroatoms. The van der Waals surface area contributed by atoms with Crippen molar-refractivity contribution in [2.45, 2.75) is 44.1 Å². The summed E-state index contributed by atoms with van der Waals surface area (Å²) in [6.07, 6.45) is 4.64. The van der Waals surface area contributed by atoms with E-state index in [2.05, 4.69) is 46.8 Å². The summed E-state index contributed by atoms with van der Waals surface area (Å²) < 4.78 is 5.62. The van der Waals surface area contributed by atoms with Crippen molar-refractivity contribution >= 4 is 5.96 Å². The van der Waals surface area contributed by atoms with Gasteiger partial charge < -0.3 is 15.4 Å². The third-order valence-corrected chi connectivity index (χ3v) is 4.90. The summed E-state index contributed by atoms with van der Waals surface area (Å²) in [5.74, 6) is 0.932. The number of aliphatic imine (C=N–C) groups is 1. The number of hydrogen-bond donors (Lipinski definition) is 2. The molecule has 1 heterocycles. The lowest BCUT2D eigenvalue weighted by molar-refractivity contribution is 0.0512. The summed E-state index contributed by atoms with van der Waals surface area (Å²) >= 11 is 0. The van der Waals surface area contributed by atoms with Crippen LogP contribution in [-0.2, 0) is 10.2 Å². The van der Waals surface area contributed by atoms with Gasteiger partial charge in [0.15, 0.2) is 5.96 Å². The summed E-state index contributed by atoms with van der Waals surface area (Å²) in [5, 5.41) is 7.03. The summed E-state index contributed by atoms with van der Waals surface area (Å²) in [6, 6.07) is 9.38. The smallest absolute Gasteiger partial charge is 0.191 e. The lowest BCUT2D eigenvalue weighted by atomic mass is 9.72. The van der Waals surface area contributed by atoms with Crippen LogP contribution in [0.5, 0.6) is 0 Å². The zero-order chi connectivity index (χ0) is 15.4. The first-order valence-corrected chi connectivity index (χ1v) is 8.34. The zero-order valence-electron chi connectivity index (χ0n) is 13.7.